The van der Waals surface area contributed by atoms with Crippen LogP contribution in [0, 0.1) is 6.92 Å². The molecular formula is C16H24N2O2. The first kappa shape index (κ1) is 14.9. The Morgan fingerprint density at radius 2 is 2.05 bits per heavy atom. The summed E-state index contributed by atoms with van der Waals surface area (Å²) in [7, 11) is 2.03. The Morgan fingerprint density at radius 3 is 2.60 bits per heavy atom. The minimum Gasteiger partial charge on any atom is -0.478 e. The number of aryl methyl sites for hydroxylation is 1. The molecule has 20 heavy (non-hydrogen) atoms. The van der Waals surface area contributed by atoms with Crippen LogP contribution in [0.1, 0.15) is 35.7 Å². The lowest BCUT2D eigenvalue weighted by molar-refractivity contribution is 0.0697. The zero-order valence-electron chi connectivity index (χ0n) is 12.6. The summed E-state index contributed by atoms with van der Waals surface area (Å²) in [6.07, 6.45) is 2.19. The maximum absolute atomic E-state index is 11.4. The van der Waals surface area contributed by atoms with Gasteiger partial charge in [0, 0.05) is 26.2 Å². The fourth-order valence-electron chi connectivity index (χ4n) is 3.11. The molecule has 0 amide bonds. The molecule has 0 atom stereocenters. The second kappa shape index (κ2) is 6.27. The average molecular weight is 276 g/mol. The first-order chi connectivity index (χ1) is 9.54. The number of likely N-dealkylation sites (tertiary alicyclic amines) is 1. The summed E-state index contributed by atoms with van der Waals surface area (Å²) in [4.78, 5) is 16.0. The third-order valence-electron chi connectivity index (χ3n) is 4.37. The molecule has 1 heterocycles. The van der Waals surface area contributed by atoms with Gasteiger partial charge in [0.15, 0.2) is 0 Å². The normalized spacial score (nSPS) is 17.1. The number of carboxylic acid groups (broad SMARTS) is 1. The molecule has 4 heteroatoms. The zero-order chi connectivity index (χ0) is 14.7. The third-order valence-corrected chi connectivity index (χ3v) is 4.37. The van der Waals surface area contributed by atoms with Gasteiger partial charge in [0.25, 0.3) is 0 Å². The SMILES string of the molecule is CCN1CCC(N(C)c2c(C)cccc2C(=O)O)CC1. The van der Waals surface area contributed by atoms with Crippen LogP contribution in [-0.2, 0) is 0 Å². The second-order valence-corrected chi connectivity index (χ2v) is 5.55. The second-order valence-electron chi connectivity index (χ2n) is 5.55. The largest absolute Gasteiger partial charge is 0.478 e. The summed E-state index contributed by atoms with van der Waals surface area (Å²) in [5.41, 5.74) is 2.31. The highest BCUT2D eigenvalue weighted by atomic mass is 16.4. The molecular weight excluding hydrogens is 252 g/mol. The van der Waals surface area contributed by atoms with Crippen molar-refractivity contribution in [2.45, 2.75) is 32.7 Å². The van der Waals surface area contributed by atoms with Crippen molar-refractivity contribution < 1.29 is 9.90 Å². The minimum absolute atomic E-state index is 0.408. The van der Waals surface area contributed by atoms with Crippen LogP contribution in [0.25, 0.3) is 0 Å². The molecule has 0 aliphatic carbocycles. The Morgan fingerprint density at radius 1 is 1.40 bits per heavy atom. The molecule has 0 saturated carbocycles. The maximum Gasteiger partial charge on any atom is 0.337 e. The van der Waals surface area contributed by atoms with Gasteiger partial charge in [-0.25, -0.2) is 4.79 Å². The van der Waals surface area contributed by atoms with Crippen LogP contribution >= 0.6 is 0 Å². The molecule has 0 aromatic heterocycles. The van der Waals surface area contributed by atoms with Crippen LogP contribution in [0.4, 0.5) is 5.69 Å². The average Bonchev–Trinajstić information content (AvgIpc) is 2.46. The number of benzene rings is 1. The number of rotatable bonds is 4. The molecule has 1 fully saturated rings. The smallest absolute Gasteiger partial charge is 0.337 e. The van der Waals surface area contributed by atoms with Crippen molar-refractivity contribution in [1.82, 2.24) is 4.90 Å². The van der Waals surface area contributed by atoms with Crippen molar-refractivity contribution in [1.29, 1.82) is 0 Å². The van der Waals surface area contributed by atoms with Gasteiger partial charge in [-0.1, -0.05) is 19.1 Å². The van der Waals surface area contributed by atoms with E-state index in [1.807, 2.05) is 26.1 Å². The molecule has 1 aromatic rings. The molecule has 0 unspecified atom stereocenters. The molecule has 0 radical (unpaired) electrons. The molecule has 110 valence electrons. The van der Waals surface area contributed by atoms with E-state index in [-0.39, 0.29) is 0 Å². The van der Waals surface area contributed by atoms with E-state index in [4.69, 9.17) is 0 Å². The lowest BCUT2D eigenvalue weighted by atomic mass is 10.00. The van der Waals surface area contributed by atoms with Gasteiger partial charge in [0.2, 0.25) is 0 Å². The maximum atomic E-state index is 11.4. The summed E-state index contributed by atoms with van der Waals surface area (Å²) in [6, 6.07) is 5.93. The number of hydrogen-bond donors (Lipinski definition) is 1. The van der Waals surface area contributed by atoms with Gasteiger partial charge in [0.1, 0.15) is 0 Å². The molecule has 4 nitrogen and oxygen atoms in total. The fraction of sp³-hybridized carbons (Fsp3) is 0.562. The number of piperidine rings is 1. The van der Waals surface area contributed by atoms with Crippen LogP contribution in [0.5, 0.6) is 0 Å². The summed E-state index contributed by atoms with van der Waals surface area (Å²) in [5.74, 6) is -0.846. The Labute approximate surface area is 121 Å². The monoisotopic (exact) mass is 276 g/mol. The van der Waals surface area contributed by atoms with E-state index in [1.54, 1.807) is 6.07 Å². The van der Waals surface area contributed by atoms with Crippen molar-refractivity contribution in [2.24, 2.45) is 0 Å². The summed E-state index contributed by atoms with van der Waals surface area (Å²) in [5, 5.41) is 9.38. The molecule has 2 rings (SSSR count). The number of nitrogens with zero attached hydrogens (tertiary/aromatic N) is 2. The molecule has 1 aliphatic heterocycles. The van der Waals surface area contributed by atoms with Crippen molar-refractivity contribution >= 4 is 11.7 Å². The zero-order valence-corrected chi connectivity index (χ0v) is 12.6. The van der Waals surface area contributed by atoms with Crippen molar-refractivity contribution in [3.63, 3.8) is 0 Å². The van der Waals surface area contributed by atoms with Crippen molar-refractivity contribution in [2.75, 3.05) is 31.6 Å². The fourth-order valence-corrected chi connectivity index (χ4v) is 3.11. The van der Waals surface area contributed by atoms with Crippen LogP contribution in [0.2, 0.25) is 0 Å². The number of anilines is 1. The number of carbonyl (C=O) groups is 1. The third kappa shape index (κ3) is 2.96. The van der Waals surface area contributed by atoms with E-state index in [2.05, 4.69) is 16.7 Å². The predicted molar refractivity (Wildman–Crippen MR) is 81.7 cm³/mol. The summed E-state index contributed by atoms with van der Waals surface area (Å²) in [6.45, 7) is 7.47. The van der Waals surface area contributed by atoms with Gasteiger partial charge in [-0.05, 0) is 37.9 Å². The van der Waals surface area contributed by atoms with E-state index in [0.29, 0.717) is 11.6 Å². The Bertz CT molecular complexity index is 479. The molecule has 1 aliphatic rings. The molecule has 0 bridgehead atoms. The van der Waals surface area contributed by atoms with Crippen molar-refractivity contribution in [3.8, 4) is 0 Å². The first-order valence-electron chi connectivity index (χ1n) is 7.32. The topological polar surface area (TPSA) is 43.8 Å². The van der Waals surface area contributed by atoms with Crippen LogP contribution in [0.3, 0.4) is 0 Å². The van der Waals surface area contributed by atoms with E-state index < -0.39 is 5.97 Å². The highest BCUT2D eigenvalue weighted by Gasteiger charge is 2.25. The van der Waals surface area contributed by atoms with Gasteiger partial charge in [-0.3, -0.25) is 0 Å². The summed E-state index contributed by atoms with van der Waals surface area (Å²) < 4.78 is 0. The predicted octanol–water partition coefficient (Wildman–Crippen LogP) is 2.61. The summed E-state index contributed by atoms with van der Waals surface area (Å²) >= 11 is 0. The van der Waals surface area contributed by atoms with Gasteiger partial charge < -0.3 is 14.9 Å². The molecule has 1 aromatic carbocycles. The Balaban J connectivity index is 2.21. The van der Waals surface area contributed by atoms with Crippen LogP contribution in [-0.4, -0.2) is 48.7 Å². The quantitative estimate of drug-likeness (QED) is 0.918. The first-order valence-corrected chi connectivity index (χ1v) is 7.32. The van der Waals surface area contributed by atoms with Gasteiger partial charge in [-0.15, -0.1) is 0 Å². The molecule has 1 N–H and O–H groups in total. The number of para-hydroxylation sites is 1. The highest BCUT2D eigenvalue weighted by molar-refractivity contribution is 5.95. The van der Waals surface area contributed by atoms with E-state index >= 15 is 0 Å². The van der Waals surface area contributed by atoms with Gasteiger partial charge in [-0.2, -0.15) is 0 Å². The number of hydrogen-bond acceptors (Lipinski definition) is 3. The number of aromatic carboxylic acids is 1. The minimum atomic E-state index is -0.846. The lowest BCUT2D eigenvalue weighted by Crippen LogP contribution is -2.43. The van der Waals surface area contributed by atoms with Crippen LogP contribution < -0.4 is 4.90 Å². The van der Waals surface area contributed by atoms with E-state index in [1.165, 1.54) is 0 Å². The Hall–Kier alpha value is -1.55. The standard InChI is InChI=1S/C16H24N2O2/c1-4-18-10-8-13(9-11-18)17(3)15-12(2)6-5-7-14(15)16(19)20/h5-7,13H,4,8-11H2,1-3H3,(H,19,20). The van der Waals surface area contributed by atoms with Gasteiger partial charge in [0.05, 0.1) is 11.3 Å². The van der Waals surface area contributed by atoms with E-state index in [9.17, 15) is 9.90 Å². The van der Waals surface area contributed by atoms with E-state index in [0.717, 1.165) is 43.7 Å². The van der Waals surface area contributed by atoms with Gasteiger partial charge >= 0.3 is 5.97 Å². The number of carboxylic acids is 1. The van der Waals surface area contributed by atoms with Crippen molar-refractivity contribution in [3.05, 3.63) is 29.3 Å². The molecule has 0 spiro atoms. The lowest BCUT2D eigenvalue weighted by Gasteiger charge is -2.38. The Kier molecular flexibility index (Phi) is 4.65. The highest BCUT2D eigenvalue weighted by Crippen LogP contribution is 2.29. The molecule has 1 saturated heterocycles. The van der Waals surface area contributed by atoms with Crippen LogP contribution in [0.15, 0.2) is 18.2 Å².